The van der Waals surface area contributed by atoms with Gasteiger partial charge in [-0.1, -0.05) is 30.3 Å². The number of esters is 1. The van der Waals surface area contributed by atoms with Gasteiger partial charge in [0.2, 0.25) is 5.88 Å². The van der Waals surface area contributed by atoms with Crippen LogP contribution in [0.2, 0.25) is 0 Å². The van der Waals surface area contributed by atoms with Crippen LogP contribution in [0.5, 0.6) is 11.6 Å². The molecule has 8 nitrogen and oxygen atoms in total. The van der Waals surface area contributed by atoms with Crippen LogP contribution in [0.3, 0.4) is 0 Å². The maximum Gasteiger partial charge on any atom is 0.337 e. The maximum absolute atomic E-state index is 15.5. The van der Waals surface area contributed by atoms with E-state index in [1.807, 2.05) is 4.57 Å². The summed E-state index contributed by atoms with van der Waals surface area (Å²) in [6.45, 7) is 0.330. The zero-order chi connectivity index (χ0) is 31.1. The molecule has 0 atom stereocenters. The molecular formula is C33H30F3N3O5. The van der Waals surface area contributed by atoms with Crippen molar-refractivity contribution < 1.29 is 36.9 Å². The number of alkyl halides is 2. The van der Waals surface area contributed by atoms with E-state index in [4.69, 9.17) is 23.9 Å². The number of aromatic nitrogens is 3. The van der Waals surface area contributed by atoms with Crippen molar-refractivity contribution in [3.8, 4) is 22.9 Å². The Bertz CT molecular complexity index is 1760. The highest BCUT2D eigenvalue weighted by molar-refractivity contribution is 5.93. The van der Waals surface area contributed by atoms with Gasteiger partial charge in [0.05, 0.1) is 36.0 Å². The van der Waals surface area contributed by atoms with Crippen LogP contribution in [0.15, 0.2) is 78.9 Å². The average Bonchev–Trinajstić information content (AvgIpc) is 3.38. The maximum atomic E-state index is 15.5. The van der Waals surface area contributed by atoms with Crippen molar-refractivity contribution in [3.05, 3.63) is 107 Å². The van der Waals surface area contributed by atoms with E-state index < -0.39 is 24.8 Å². The van der Waals surface area contributed by atoms with Crippen LogP contribution in [-0.2, 0) is 29.0 Å². The Balaban J connectivity index is 1.32. The van der Waals surface area contributed by atoms with Crippen LogP contribution in [0.4, 0.5) is 13.2 Å². The molecule has 44 heavy (non-hydrogen) atoms. The summed E-state index contributed by atoms with van der Waals surface area (Å²) in [5.74, 6) is 0.400. The summed E-state index contributed by atoms with van der Waals surface area (Å²) in [7, 11) is 2.92. The van der Waals surface area contributed by atoms with Crippen molar-refractivity contribution >= 4 is 17.0 Å². The number of nitrogens with zero attached hydrogens (tertiary/aromatic N) is 3. The van der Waals surface area contributed by atoms with Crippen LogP contribution in [-0.4, -0.2) is 54.4 Å². The summed E-state index contributed by atoms with van der Waals surface area (Å²) < 4.78 is 63.3. The van der Waals surface area contributed by atoms with E-state index in [0.717, 1.165) is 11.1 Å². The number of rotatable bonds is 13. The lowest BCUT2D eigenvalue weighted by Crippen LogP contribution is -2.10. The van der Waals surface area contributed by atoms with Gasteiger partial charge in [0.15, 0.2) is 0 Å². The molecule has 0 saturated heterocycles. The second-order valence-corrected chi connectivity index (χ2v) is 9.85. The first-order valence-corrected chi connectivity index (χ1v) is 13.8. The number of benzene rings is 3. The zero-order valence-corrected chi connectivity index (χ0v) is 24.1. The summed E-state index contributed by atoms with van der Waals surface area (Å²) in [6.07, 6.45) is -2.35. The number of halogens is 3. The summed E-state index contributed by atoms with van der Waals surface area (Å²) in [5.41, 5.74) is 4.04. The Hall–Kier alpha value is -4.90. The molecule has 0 aliphatic carbocycles. The summed E-state index contributed by atoms with van der Waals surface area (Å²) in [5, 5.41) is 0. The third kappa shape index (κ3) is 7.35. The fraction of sp³-hybridized carbons (Fsp3) is 0.242. The van der Waals surface area contributed by atoms with Gasteiger partial charge in [-0.3, -0.25) is 0 Å². The number of methoxy groups -OCH3 is 2. The van der Waals surface area contributed by atoms with Crippen LogP contribution in [0.25, 0.3) is 22.3 Å². The van der Waals surface area contributed by atoms with Crippen molar-refractivity contribution in [1.82, 2.24) is 14.5 Å². The molecule has 0 aliphatic heterocycles. The van der Waals surface area contributed by atoms with Gasteiger partial charge in [-0.25, -0.2) is 27.9 Å². The molecular weight excluding hydrogens is 575 g/mol. The Morgan fingerprint density at radius 1 is 0.932 bits per heavy atom. The van der Waals surface area contributed by atoms with Gasteiger partial charge in [-0.05, 0) is 53.6 Å². The molecule has 5 rings (SSSR count). The lowest BCUT2D eigenvalue weighted by atomic mass is 10.1. The van der Waals surface area contributed by atoms with Crippen molar-refractivity contribution in [2.75, 3.05) is 27.4 Å². The molecule has 0 radical (unpaired) electrons. The van der Waals surface area contributed by atoms with E-state index in [0.29, 0.717) is 58.5 Å². The molecule has 3 aromatic carbocycles. The van der Waals surface area contributed by atoms with Crippen molar-refractivity contribution in [2.24, 2.45) is 0 Å². The SMILES string of the molecule is COCCn1c(Cc2ccc(-c3cccc(OCc4cccc(OCC(F)F)c4)n3)cc2F)nc2ccc(C(=O)OC)cc21. The van der Waals surface area contributed by atoms with Gasteiger partial charge < -0.3 is 23.5 Å². The highest BCUT2D eigenvalue weighted by atomic mass is 19.3. The Kier molecular flexibility index (Phi) is 9.75. The molecule has 0 fully saturated rings. The average molecular weight is 606 g/mol. The van der Waals surface area contributed by atoms with E-state index in [-0.39, 0.29) is 13.0 Å². The molecule has 2 aromatic heterocycles. The number of carbonyl (C=O) groups excluding carboxylic acids is 1. The lowest BCUT2D eigenvalue weighted by molar-refractivity contribution is 0.0600. The Morgan fingerprint density at radius 3 is 2.55 bits per heavy atom. The number of pyridine rings is 1. The molecule has 0 unspecified atom stereocenters. The summed E-state index contributed by atoms with van der Waals surface area (Å²) in [6, 6.07) is 21.9. The minimum atomic E-state index is -2.56. The van der Waals surface area contributed by atoms with Crippen LogP contribution in [0, 0.1) is 5.82 Å². The van der Waals surface area contributed by atoms with E-state index in [1.165, 1.54) is 13.2 Å². The predicted molar refractivity (Wildman–Crippen MR) is 158 cm³/mol. The number of fused-ring (bicyclic) bond motifs is 1. The molecule has 228 valence electrons. The number of hydrogen-bond acceptors (Lipinski definition) is 7. The third-order valence-corrected chi connectivity index (χ3v) is 6.85. The zero-order valence-electron chi connectivity index (χ0n) is 24.1. The smallest absolute Gasteiger partial charge is 0.337 e. The molecule has 2 heterocycles. The summed E-state index contributed by atoms with van der Waals surface area (Å²) >= 11 is 0. The van der Waals surface area contributed by atoms with Crippen LogP contribution >= 0.6 is 0 Å². The molecule has 0 N–H and O–H groups in total. The first kappa shape index (κ1) is 30.6. The molecule has 0 spiro atoms. The fourth-order valence-corrected chi connectivity index (χ4v) is 4.70. The standard InChI is InChI=1S/C33H30F3N3O5/c1-41-14-13-39-29-17-24(33(40)42-2)11-12-28(29)37-31(39)18-22-9-10-23(16-26(22)34)27-7-4-8-32(38-27)44-19-21-5-3-6-25(15-21)43-20-30(35)36/h3-12,15-17,30H,13-14,18-20H2,1-2H3. The van der Waals surface area contributed by atoms with Gasteiger partial charge in [0.1, 0.15) is 30.6 Å². The van der Waals surface area contributed by atoms with Gasteiger partial charge >= 0.3 is 5.97 Å². The Morgan fingerprint density at radius 2 is 1.77 bits per heavy atom. The van der Waals surface area contributed by atoms with Crippen LogP contribution < -0.4 is 9.47 Å². The molecule has 0 bridgehead atoms. The topological polar surface area (TPSA) is 84.7 Å². The fourth-order valence-electron chi connectivity index (χ4n) is 4.70. The quantitative estimate of drug-likeness (QED) is 0.142. The van der Waals surface area contributed by atoms with Gasteiger partial charge in [-0.15, -0.1) is 0 Å². The van der Waals surface area contributed by atoms with Crippen molar-refractivity contribution in [1.29, 1.82) is 0 Å². The molecule has 0 saturated carbocycles. The van der Waals surface area contributed by atoms with E-state index in [9.17, 15) is 13.6 Å². The number of carbonyl (C=O) groups is 1. The number of ether oxygens (including phenoxy) is 4. The first-order valence-electron chi connectivity index (χ1n) is 13.8. The van der Waals surface area contributed by atoms with Gasteiger partial charge in [0.25, 0.3) is 6.43 Å². The minimum Gasteiger partial charge on any atom is -0.488 e. The predicted octanol–water partition coefficient (Wildman–Crippen LogP) is 6.48. The molecule has 11 heteroatoms. The Labute approximate surface area is 252 Å². The van der Waals surface area contributed by atoms with Gasteiger partial charge in [-0.2, -0.15) is 0 Å². The molecule has 0 aliphatic rings. The van der Waals surface area contributed by atoms with E-state index >= 15 is 4.39 Å². The second kappa shape index (κ2) is 14.0. The van der Waals surface area contributed by atoms with Crippen molar-refractivity contribution in [3.63, 3.8) is 0 Å². The second-order valence-electron chi connectivity index (χ2n) is 9.85. The number of imidazole rings is 1. The monoisotopic (exact) mass is 605 g/mol. The normalized spacial score (nSPS) is 11.2. The van der Waals surface area contributed by atoms with E-state index in [1.54, 1.807) is 79.9 Å². The third-order valence-electron chi connectivity index (χ3n) is 6.85. The lowest BCUT2D eigenvalue weighted by Gasteiger charge is -2.11. The molecule has 5 aromatic rings. The highest BCUT2D eigenvalue weighted by Crippen LogP contribution is 2.26. The first-order chi connectivity index (χ1) is 21.3. The van der Waals surface area contributed by atoms with Crippen LogP contribution in [0.1, 0.15) is 27.3 Å². The van der Waals surface area contributed by atoms with E-state index in [2.05, 4.69) is 4.98 Å². The number of hydrogen-bond donors (Lipinski definition) is 0. The molecule has 0 amide bonds. The van der Waals surface area contributed by atoms with Crippen molar-refractivity contribution in [2.45, 2.75) is 26.0 Å². The van der Waals surface area contributed by atoms with Gasteiger partial charge in [0, 0.05) is 31.7 Å². The minimum absolute atomic E-state index is 0.140. The highest BCUT2D eigenvalue weighted by Gasteiger charge is 2.17. The largest absolute Gasteiger partial charge is 0.488 e. The summed E-state index contributed by atoms with van der Waals surface area (Å²) in [4.78, 5) is 21.3.